The van der Waals surface area contributed by atoms with E-state index in [1.807, 2.05) is 12.1 Å². The maximum atomic E-state index is 11.6. The minimum atomic E-state index is -0.0505. The van der Waals surface area contributed by atoms with Gasteiger partial charge in [-0.25, -0.2) is 0 Å². The highest BCUT2D eigenvalue weighted by molar-refractivity contribution is 6.30. The van der Waals surface area contributed by atoms with Gasteiger partial charge in [-0.2, -0.15) is 0 Å². The monoisotopic (exact) mass is 264 g/mol. The molecule has 3 nitrogen and oxygen atoms in total. The first-order chi connectivity index (χ1) is 8.67. The Bertz CT molecular complexity index is 436. The standard InChI is InChI=1S/C14H17ClN2O/c15-12-4-1-10(2-5-12)3-6-14(18)17-13-7-11(8-13)9-16/h1-6,11,13H,7-9,16H2,(H,17,18)/b6-3+. The van der Waals surface area contributed by atoms with Crippen LogP contribution in [-0.4, -0.2) is 18.5 Å². The summed E-state index contributed by atoms with van der Waals surface area (Å²) in [6, 6.07) is 7.65. The first-order valence-electron chi connectivity index (χ1n) is 6.11. The number of hydrogen-bond acceptors (Lipinski definition) is 2. The third kappa shape index (κ3) is 3.59. The van der Waals surface area contributed by atoms with E-state index in [0.717, 1.165) is 18.4 Å². The van der Waals surface area contributed by atoms with E-state index in [4.69, 9.17) is 17.3 Å². The van der Waals surface area contributed by atoms with Crippen LogP contribution in [-0.2, 0) is 4.79 Å². The van der Waals surface area contributed by atoms with Crippen LogP contribution in [0.25, 0.3) is 6.08 Å². The molecule has 96 valence electrons. The predicted molar refractivity (Wildman–Crippen MR) is 74.2 cm³/mol. The lowest BCUT2D eigenvalue weighted by Crippen LogP contribution is -2.45. The van der Waals surface area contributed by atoms with Gasteiger partial charge in [-0.3, -0.25) is 4.79 Å². The van der Waals surface area contributed by atoms with Gasteiger partial charge in [-0.05, 0) is 49.1 Å². The zero-order valence-corrected chi connectivity index (χ0v) is 10.9. The van der Waals surface area contributed by atoms with Crippen LogP contribution in [0.4, 0.5) is 0 Å². The maximum Gasteiger partial charge on any atom is 0.244 e. The van der Waals surface area contributed by atoms with Crippen molar-refractivity contribution in [1.82, 2.24) is 5.32 Å². The topological polar surface area (TPSA) is 55.1 Å². The smallest absolute Gasteiger partial charge is 0.244 e. The van der Waals surface area contributed by atoms with Crippen LogP contribution < -0.4 is 11.1 Å². The Balaban J connectivity index is 1.79. The molecular formula is C14H17ClN2O. The van der Waals surface area contributed by atoms with Gasteiger partial charge in [0, 0.05) is 17.1 Å². The van der Waals surface area contributed by atoms with Crippen LogP contribution in [0.2, 0.25) is 5.02 Å². The molecule has 1 fully saturated rings. The Morgan fingerprint density at radius 2 is 2.06 bits per heavy atom. The minimum Gasteiger partial charge on any atom is -0.350 e. The zero-order valence-electron chi connectivity index (χ0n) is 10.1. The summed E-state index contributed by atoms with van der Waals surface area (Å²) in [6.45, 7) is 0.715. The van der Waals surface area contributed by atoms with Crippen molar-refractivity contribution in [3.05, 3.63) is 40.9 Å². The van der Waals surface area contributed by atoms with Gasteiger partial charge in [-0.15, -0.1) is 0 Å². The van der Waals surface area contributed by atoms with Crippen molar-refractivity contribution in [3.63, 3.8) is 0 Å². The second kappa shape index (κ2) is 6.03. The molecule has 2 rings (SSSR count). The summed E-state index contributed by atoms with van der Waals surface area (Å²) in [4.78, 5) is 11.6. The lowest BCUT2D eigenvalue weighted by atomic mass is 9.80. The molecule has 0 spiro atoms. The van der Waals surface area contributed by atoms with Crippen LogP contribution in [0.5, 0.6) is 0 Å². The third-order valence-electron chi connectivity index (χ3n) is 3.21. The van der Waals surface area contributed by atoms with Gasteiger partial charge in [0.05, 0.1) is 0 Å². The summed E-state index contributed by atoms with van der Waals surface area (Å²) < 4.78 is 0. The number of carbonyl (C=O) groups is 1. The average Bonchev–Trinajstić information content (AvgIpc) is 2.32. The highest BCUT2D eigenvalue weighted by atomic mass is 35.5. The molecule has 0 atom stereocenters. The SMILES string of the molecule is NCC1CC(NC(=O)/C=C/c2ccc(Cl)cc2)C1. The van der Waals surface area contributed by atoms with Crippen LogP contribution >= 0.6 is 11.6 Å². The molecule has 0 bridgehead atoms. The van der Waals surface area contributed by atoms with Gasteiger partial charge < -0.3 is 11.1 Å². The van der Waals surface area contributed by atoms with E-state index >= 15 is 0 Å². The number of nitrogens with one attached hydrogen (secondary N) is 1. The highest BCUT2D eigenvalue weighted by Gasteiger charge is 2.28. The molecule has 3 N–H and O–H groups in total. The molecule has 1 aromatic rings. The van der Waals surface area contributed by atoms with Crippen LogP contribution in [0.15, 0.2) is 30.3 Å². The van der Waals surface area contributed by atoms with Gasteiger partial charge in [0.25, 0.3) is 0 Å². The van der Waals surface area contributed by atoms with Crippen LogP contribution in [0.1, 0.15) is 18.4 Å². The molecule has 18 heavy (non-hydrogen) atoms. The molecule has 1 aliphatic rings. The summed E-state index contributed by atoms with van der Waals surface area (Å²) in [5.41, 5.74) is 6.50. The molecular weight excluding hydrogens is 248 g/mol. The summed E-state index contributed by atoms with van der Waals surface area (Å²) in [5, 5.41) is 3.65. The number of benzene rings is 1. The predicted octanol–water partition coefficient (Wildman–Crippen LogP) is 2.21. The van der Waals surface area contributed by atoms with Crippen LogP contribution in [0, 0.1) is 5.92 Å². The molecule has 1 saturated carbocycles. The molecule has 1 aliphatic carbocycles. The van der Waals surface area contributed by atoms with E-state index in [1.54, 1.807) is 24.3 Å². The molecule has 0 aromatic heterocycles. The summed E-state index contributed by atoms with van der Waals surface area (Å²) in [5.74, 6) is 0.529. The van der Waals surface area contributed by atoms with Gasteiger partial charge in [0.1, 0.15) is 0 Å². The summed E-state index contributed by atoms with van der Waals surface area (Å²) in [7, 11) is 0. The second-order valence-corrected chi connectivity index (χ2v) is 5.10. The fourth-order valence-electron chi connectivity index (χ4n) is 2.04. The van der Waals surface area contributed by atoms with Crippen LogP contribution in [0.3, 0.4) is 0 Å². The van der Waals surface area contributed by atoms with Gasteiger partial charge in [0.15, 0.2) is 0 Å². The van der Waals surface area contributed by atoms with E-state index in [9.17, 15) is 4.79 Å². The quantitative estimate of drug-likeness (QED) is 0.820. The molecule has 0 aliphatic heterocycles. The zero-order chi connectivity index (χ0) is 13.0. The summed E-state index contributed by atoms with van der Waals surface area (Å²) in [6.07, 6.45) is 5.33. The fourth-order valence-corrected chi connectivity index (χ4v) is 2.17. The van der Waals surface area contributed by atoms with Crippen molar-refractivity contribution in [1.29, 1.82) is 0 Å². The van der Waals surface area contributed by atoms with E-state index in [0.29, 0.717) is 23.5 Å². The van der Waals surface area contributed by atoms with Crippen molar-refractivity contribution >= 4 is 23.6 Å². The van der Waals surface area contributed by atoms with Crippen molar-refractivity contribution in [3.8, 4) is 0 Å². The molecule has 0 heterocycles. The average molecular weight is 265 g/mol. The fraction of sp³-hybridized carbons (Fsp3) is 0.357. The third-order valence-corrected chi connectivity index (χ3v) is 3.46. The number of nitrogens with two attached hydrogens (primary N) is 1. The van der Waals surface area contributed by atoms with Gasteiger partial charge in [-0.1, -0.05) is 23.7 Å². The van der Waals surface area contributed by atoms with E-state index in [-0.39, 0.29) is 5.91 Å². The molecule has 0 unspecified atom stereocenters. The number of carbonyl (C=O) groups excluding carboxylic acids is 1. The van der Waals surface area contributed by atoms with E-state index < -0.39 is 0 Å². The Morgan fingerprint density at radius 1 is 1.39 bits per heavy atom. The van der Waals surface area contributed by atoms with Crippen molar-refractivity contribution in [2.24, 2.45) is 11.7 Å². The van der Waals surface area contributed by atoms with E-state index in [2.05, 4.69) is 5.32 Å². The number of halogens is 1. The number of amides is 1. The first-order valence-corrected chi connectivity index (χ1v) is 6.49. The van der Waals surface area contributed by atoms with E-state index in [1.165, 1.54) is 0 Å². The van der Waals surface area contributed by atoms with Gasteiger partial charge >= 0.3 is 0 Å². The highest BCUT2D eigenvalue weighted by Crippen LogP contribution is 2.25. The normalized spacial score (nSPS) is 22.8. The first kappa shape index (κ1) is 13.1. The molecule has 1 amide bonds. The Labute approximate surface area is 112 Å². The second-order valence-electron chi connectivity index (χ2n) is 4.66. The summed E-state index contributed by atoms with van der Waals surface area (Å²) >= 11 is 5.78. The van der Waals surface area contributed by atoms with Crippen molar-refractivity contribution < 1.29 is 4.79 Å². The maximum absolute atomic E-state index is 11.6. The lowest BCUT2D eigenvalue weighted by Gasteiger charge is -2.34. The Hall–Kier alpha value is -1.32. The lowest BCUT2D eigenvalue weighted by molar-refractivity contribution is -0.117. The molecule has 0 saturated heterocycles. The Morgan fingerprint density at radius 3 is 2.67 bits per heavy atom. The van der Waals surface area contributed by atoms with Crippen molar-refractivity contribution in [2.75, 3.05) is 6.54 Å². The van der Waals surface area contributed by atoms with Crippen molar-refractivity contribution in [2.45, 2.75) is 18.9 Å². The number of rotatable bonds is 4. The molecule has 1 aromatic carbocycles. The number of hydrogen-bond donors (Lipinski definition) is 2. The molecule has 4 heteroatoms. The van der Waals surface area contributed by atoms with Gasteiger partial charge in [0.2, 0.25) is 5.91 Å². The molecule has 0 radical (unpaired) electrons. The minimum absolute atomic E-state index is 0.0505. The largest absolute Gasteiger partial charge is 0.350 e. The Kier molecular flexibility index (Phi) is 4.39.